The molecule has 0 saturated carbocycles. The van der Waals surface area contributed by atoms with Gasteiger partial charge in [-0.2, -0.15) is 0 Å². The van der Waals surface area contributed by atoms with Crippen LogP contribution < -0.4 is 10.6 Å². The van der Waals surface area contributed by atoms with Gasteiger partial charge in [0.1, 0.15) is 0 Å². The molecule has 1 fully saturated rings. The molecule has 1 saturated heterocycles. The predicted octanol–water partition coefficient (Wildman–Crippen LogP) is 2.48. The van der Waals surface area contributed by atoms with Crippen molar-refractivity contribution in [3.63, 3.8) is 0 Å². The summed E-state index contributed by atoms with van der Waals surface area (Å²) in [7, 11) is 0. The molecule has 1 amide bonds. The van der Waals surface area contributed by atoms with Crippen LogP contribution >= 0.6 is 0 Å². The first-order valence-corrected chi connectivity index (χ1v) is 6.89. The molecular formula is C15H23N3O2. The molecule has 0 aliphatic carbocycles. The van der Waals surface area contributed by atoms with Gasteiger partial charge in [0.15, 0.2) is 0 Å². The predicted molar refractivity (Wildman–Crippen MR) is 81.0 cm³/mol. The van der Waals surface area contributed by atoms with E-state index >= 15 is 0 Å². The molecular weight excluding hydrogens is 254 g/mol. The van der Waals surface area contributed by atoms with Crippen molar-refractivity contribution in [3.8, 4) is 0 Å². The number of amides is 1. The summed E-state index contributed by atoms with van der Waals surface area (Å²) in [5.41, 5.74) is 7.65. The Labute approximate surface area is 120 Å². The second kappa shape index (κ2) is 5.23. The number of para-hydroxylation sites is 2. The van der Waals surface area contributed by atoms with Gasteiger partial charge in [-0.25, -0.2) is 4.79 Å². The van der Waals surface area contributed by atoms with Gasteiger partial charge >= 0.3 is 6.09 Å². The van der Waals surface area contributed by atoms with Crippen molar-refractivity contribution in [1.29, 1.82) is 0 Å². The van der Waals surface area contributed by atoms with E-state index in [1.165, 1.54) is 0 Å². The van der Waals surface area contributed by atoms with Crippen molar-refractivity contribution in [2.75, 3.05) is 30.3 Å². The van der Waals surface area contributed by atoms with Crippen molar-refractivity contribution in [2.45, 2.75) is 26.8 Å². The first-order chi connectivity index (χ1) is 9.30. The van der Waals surface area contributed by atoms with E-state index in [1.807, 2.05) is 24.3 Å². The average molecular weight is 277 g/mol. The van der Waals surface area contributed by atoms with Gasteiger partial charge < -0.3 is 20.6 Å². The lowest BCUT2D eigenvalue weighted by Gasteiger charge is -2.46. The number of piperazine rings is 1. The number of benzene rings is 1. The van der Waals surface area contributed by atoms with E-state index in [-0.39, 0.29) is 11.5 Å². The van der Waals surface area contributed by atoms with Crippen LogP contribution in [0.1, 0.15) is 20.8 Å². The van der Waals surface area contributed by atoms with Gasteiger partial charge in [-0.3, -0.25) is 0 Å². The summed E-state index contributed by atoms with van der Waals surface area (Å²) in [4.78, 5) is 15.1. The Kier molecular flexibility index (Phi) is 3.79. The van der Waals surface area contributed by atoms with Crippen molar-refractivity contribution in [3.05, 3.63) is 24.3 Å². The minimum Gasteiger partial charge on any atom is -0.465 e. The Bertz CT molecular complexity index is 496. The third-order valence-electron chi connectivity index (χ3n) is 3.90. The summed E-state index contributed by atoms with van der Waals surface area (Å²) in [6, 6.07) is 7.69. The molecule has 0 radical (unpaired) electrons. The van der Waals surface area contributed by atoms with Crippen molar-refractivity contribution in [2.24, 2.45) is 5.41 Å². The maximum Gasteiger partial charge on any atom is 0.407 e. The SMILES string of the molecule is CC(C)(C)C1CN(c2ccccc2N)CCN1C(=O)O. The van der Waals surface area contributed by atoms with Gasteiger partial charge in [0, 0.05) is 19.6 Å². The summed E-state index contributed by atoms with van der Waals surface area (Å²) in [6.07, 6.45) is -0.842. The fourth-order valence-corrected chi connectivity index (χ4v) is 2.75. The molecule has 0 aromatic heterocycles. The highest BCUT2D eigenvalue weighted by atomic mass is 16.4. The van der Waals surface area contributed by atoms with Crippen LogP contribution in [0.25, 0.3) is 0 Å². The number of nitrogens with two attached hydrogens (primary N) is 1. The van der Waals surface area contributed by atoms with E-state index in [9.17, 15) is 9.90 Å². The fraction of sp³-hybridized carbons (Fsp3) is 0.533. The summed E-state index contributed by atoms with van der Waals surface area (Å²) < 4.78 is 0. The van der Waals surface area contributed by atoms with Gasteiger partial charge in [-0.15, -0.1) is 0 Å². The first-order valence-electron chi connectivity index (χ1n) is 6.89. The summed E-state index contributed by atoms with van der Waals surface area (Å²) in [5, 5.41) is 9.37. The molecule has 1 aliphatic heterocycles. The number of carboxylic acid groups (broad SMARTS) is 1. The molecule has 5 heteroatoms. The Morgan fingerprint density at radius 2 is 1.95 bits per heavy atom. The molecule has 2 rings (SSSR count). The van der Waals surface area contributed by atoms with Crippen LogP contribution in [-0.2, 0) is 0 Å². The average Bonchev–Trinajstić information content (AvgIpc) is 2.37. The maximum absolute atomic E-state index is 11.4. The minimum atomic E-state index is -0.842. The molecule has 1 heterocycles. The molecule has 1 aromatic carbocycles. The number of anilines is 2. The monoisotopic (exact) mass is 277 g/mol. The molecule has 5 nitrogen and oxygen atoms in total. The van der Waals surface area contributed by atoms with E-state index in [1.54, 1.807) is 4.90 Å². The van der Waals surface area contributed by atoms with Crippen molar-refractivity contribution >= 4 is 17.5 Å². The third kappa shape index (κ3) is 2.81. The molecule has 1 aromatic rings. The van der Waals surface area contributed by atoms with E-state index in [0.29, 0.717) is 19.6 Å². The number of nitrogen functional groups attached to an aromatic ring is 1. The zero-order chi connectivity index (χ0) is 14.9. The summed E-state index contributed by atoms with van der Waals surface area (Å²) >= 11 is 0. The summed E-state index contributed by atoms with van der Waals surface area (Å²) in [6.45, 7) is 8.07. The van der Waals surface area contributed by atoms with Gasteiger partial charge in [-0.05, 0) is 17.5 Å². The molecule has 1 aliphatic rings. The molecule has 0 bridgehead atoms. The van der Waals surface area contributed by atoms with Crippen LogP contribution in [0.5, 0.6) is 0 Å². The highest BCUT2D eigenvalue weighted by Gasteiger charge is 2.38. The second-order valence-electron chi connectivity index (χ2n) is 6.36. The van der Waals surface area contributed by atoms with Gasteiger partial charge in [0.25, 0.3) is 0 Å². The highest BCUT2D eigenvalue weighted by molar-refractivity contribution is 5.69. The largest absolute Gasteiger partial charge is 0.465 e. The number of hydrogen-bond donors (Lipinski definition) is 2. The standard InChI is InChI=1S/C15H23N3O2/c1-15(2,3)13-10-17(8-9-18(13)14(19)20)12-7-5-4-6-11(12)16/h4-7,13H,8-10,16H2,1-3H3,(H,19,20). The van der Waals surface area contributed by atoms with Crippen LogP contribution in [0.3, 0.4) is 0 Å². The Morgan fingerprint density at radius 3 is 2.50 bits per heavy atom. The van der Waals surface area contributed by atoms with Crippen LogP contribution in [0.15, 0.2) is 24.3 Å². The van der Waals surface area contributed by atoms with Crippen molar-refractivity contribution in [1.82, 2.24) is 4.90 Å². The van der Waals surface area contributed by atoms with E-state index in [2.05, 4.69) is 25.7 Å². The van der Waals surface area contributed by atoms with E-state index in [4.69, 9.17) is 5.73 Å². The van der Waals surface area contributed by atoms with Crippen LogP contribution in [0.4, 0.5) is 16.2 Å². The lowest BCUT2D eigenvalue weighted by molar-refractivity contribution is 0.0749. The van der Waals surface area contributed by atoms with Gasteiger partial charge in [-0.1, -0.05) is 32.9 Å². The Morgan fingerprint density at radius 1 is 1.30 bits per heavy atom. The minimum absolute atomic E-state index is 0.0478. The topological polar surface area (TPSA) is 69.8 Å². The van der Waals surface area contributed by atoms with Gasteiger partial charge in [0.2, 0.25) is 0 Å². The molecule has 1 unspecified atom stereocenters. The summed E-state index contributed by atoms with van der Waals surface area (Å²) in [5.74, 6) is 0. The van der Waals surface area contributed by atoms with E-state index in [0.717, 1.165) is 11.4 Å². The van der Waals surface area contributed by atoms with Crippen LogP contribution in [0, 0.1) is 5.41 Å². The number of carbonyl (C=O) groups is 1. The third-order valence-corrected chi connectivity index (χ3v) is 3.90. The molecule has 1 atom stereocenters. The molecule has 0 spiro atoms. The lowest BCUT2D eigenvalue weighted by atomic mass is 9.84. The zero-order valence-electron chi connectivity index (χ0n) is 12.3. The fourth-order valence-electron chi connectivity index (χ4n) is 2.75. The maximum atomic E-state index is 11.4. The van der Waals surface area contributed by atoms with Gasteiger partial charge in [0.05, 0.1) is 17.4 Å². The number of rotatable bonds is 1. The quantitative estimate of drug-likeness (QED) is 0.774. The smallest absolute Gasteiger partial charge is 0.407 e. The zero-order valence-corrected chi connectivity index (χ0v) is 12.3. The second-order valence-corrected chi connectivity index (χ2v) is 6.36. The Balaban J connectivity index is 2.26. The number of nitrogens with zero attached hydrogens (tertiary/aromatic N) is 2. The lowest BCUT2D eigenvalue weighted by Crippen LogP contribution is -2.59. The van der Waals surface area contributed by atoms with Crippen molar-refractivity contribution < 1.29 is 9.90 Å². The molecule has 20 heavy (non-hydrogen) atoms. The highest BCUT2D eigenvalue weighted by Crippen LogP contribution is 2.31. The Hall–Kier alpha value is -1.91. The molecule has 110 valence electrons. The van der Waals surface area contributed by atoms with Crippen LogP contribution in [-0.4, -0.2) is 41.8 Å². The normalized spacial score (nSPS) is 20.1. The first kappa shape index (κ1) is 14.5. The molecule has 3 N–H and O–H groups in total. The van der Waals surface area contributed by atoms with Crippen LogP contribution in [0.2, 0.25) is 0 Å². The number of hydrogen-bond acceptors (Lipinski definition) is 3. The van der Waals surface area contributed by atoms with E-state index < -0.39 is 6.09 Å².